The number of fused-ring (bicyclic) bond motifs is 1. The lowest BCUT2D eigenvalue weighted by Gasteiger charge is -2.28. The maximum Gasteiger partial charge on any atom is 0.323 e. The summed E-state index contributed by atoms with van der Waals surface area (Å²) in [6.45, 7) is 4.08. The molecule has 3 atom stereocenters. The highest BCUT2D eigenvalue weighted by molar-refractivity contribution is 5.87. The molecule has 1 unspecified atom stereocenters. The molecule has 0 aliphatic carbocycles. The molecule has 2 heterocycles. The van der Waals surface area contributed by atoms with Crippen LogP contribution in [0.1, 0.15) is 24.5 Å². The van der Waals surface area contributed by atoms with Gasteiger partial charge in [0.25, 0.3) is 0 Å². The van der Waals surface area contributed by atoms with E-state index in [2.05, 4.69) is 4.90 Å². The van der Waals surface area contributed by atoms with Crippen LogP contribution in [-0.2, 0) is 27.4 Å². The van der Waals surface area contributed by atoms with E-state index in [1.807, 2.05) is 72.5 Å². The normalized spacial score (nSPS) is 24.4. The van der Waals surface area contributed by atoms with Crippen molar-refractivity contribution in [3.8, 4) is 0 Å². The van der Waals surface area contributed by atoms with Crippen molar-refractivity contribution < 1.29 is 14.3 Å². The smallest absolute Gasteiger partial charge is 0.323 e. The van der Waals surface area contributed by atoms with E-state index in [4.69, 9.17) is 4.74 Å². The lowest BCUT2D eigenvalue weighted by Crippen LogP contribution is -2.46. The highest BCUT2D eigenvalue weighted by atomic mass is 16.5. The van der Waals surface area contributed by atoms with Gasteiger partial charge in [-0.2, -0.15) is 0 Å². The molecule has 1 amide bonds. The molecule has 2 aromatic carbocycles. The molecule has 2 aliphatic heterocycles. The molecule has 2 aromatic rings. The van der Waals surface area contributed by atoms with E-state index in [1.165, 1.54) is 0 Å². The average Bonchev–Trinajstić information content (AvgIpc) is 3.21. The molecule has 146 valence electrons. The van der Waals surface area contributed by atoms with Crippen LogP contribution in [0.5, 0.6) is 0 Å². The Morgan fingerprint density at radius 2 is 1.61 bits per heavy atom. The molecule has 0 N–H and O–H groups in total. The van der Waals surface area contributed by atoms with Crippen LogP contribution in [0, 0.1) is 5.92 Å². The number of likely N-dealkylation sites (tertiary alicyclic amines) is 2. The highest BCUT2D eigenvalue weighted by Gasteiger charge is 2.53. The zero-order chi connectivity index (χ0) is 19.5. The summed E-state index contributed by atoms with van der Waals surface area (Å²) >= 11 is 0. The second kappa shape index (κ2) is 8.15. The van der Waals surface area contributed by atoms with E-state index < -0.39 is 0 Å². The van der Waals surface area contributed by atoms with Crippen LogP contribution in [0.3, 0.4) is 0 Å². The fourth-order valence-corrected chi connectivity index (χ4v) is 4.51. The van der Waals surface area contributed by atoms with Crippen molar-refractivity contribution in [3.05, 3.63) is 71.8 Å². The SMILES string of the molecule is CCOC(=O)C1C[C@H]2CN(Cc3ccccc3)C(=O)[C@H]2N1Cc1ccccc1. The maximum atomic E-state index is 13.3. The van der Waals surface area contributed by atoms with Gasteiger partial charge in [-0.25, -0.2) is 0 Å². The van der Waals surface area contributed by atoms with Gasteiger partial charge >= 0.3 is 5.97 Å². The van der Waals surface area contributed by atoms with Crippen LogP contribution in [-0.4, -0.2) is 46.9 Å². The van der Waals surface area contributed by atoms with Crippen LogP contribution in [0.2, 0.25) is 0 Å². The number of amides is 1. The summed E-state index contributed by atoms with van der Waals surface area (Å²) in [5, 5.41) is 0. The first-order chi connectivity index (χ1) is 13.7. The van der Waals surface area contributed by atoms with Crippen molar-refractivity contribution >= 4 is 11.9 Å². The molecular formula is C23H26N2O3. The second-order valence-electron chi connectivity index (χ2n) is 7.57. The number of rotatable bonds is 6. The summed E-state index contributed by atoms with van der Waals surface area (Å²) < 4.78 is 5.31. The first kappa shape index (κ1) is 18.7. The first-order valence-electron chi connectivity index (χ1n) is 9.96. The summed E-state index contributed by atoms with van der Waals surface area (Å²) in [6, 6.07) is 19.5. The summed E-state index contributed by atoms with van der Waals surface area (Å²) in [7, 11) is 0. The number of ether oxygens (including phenoxy) is 1. The summed E-state index contributed by atoms with van der Waals surface area (Å²) in [5.74, 6) is 0.0705. The fraction of sp³-hybridized carbons (Fsp3) is 0.391. The fourth-order valence-electron chi connectivity index (χ4n) is 4.51. The Labute approximate surface area is 165 Å². The highest BCUT2D eigenvalue weighted by Crippen LogP contribution is 2.38. The van der Waals surface area contributed by atoms with Crippen molar-refractivity contribution in [2.75, 3.05) is 13.2 Å². The van der Waals surface area contributed by atoms with Gasteiger partial charge in [0.1, 0.15) is 6.04 Å². The molecule has 2 fully saturated rings. The third kappa shape index (κ3) is 3.67. The average molecular weight is 378 g/mol. The molecule has 0 radical (unpaired) electrons. The third-order valence-corrected chi connectivity index (χ3v) is 5.73. The summed E-state index contributed by atoms with van der Waals surface area (Å²) in [5.41, 5.74) is 2.24. The molecule has 0 aromatic heterocycles. The number of carbonyl (C=O) groups excluding carboxylic acids is 2. The molecule has 5 heteroatoms. The lowest BCUT2D eigenvalue weighted by atomic mass is 10.0. The first-order valence-corrected chi connectivity index (χ1v) is 9.96. The van der Waals surface area contributed by atoms with Crippen molar-refractivity contribution in [3.63, 3.8) is 0 Å². The number of carbonyl (C=O) groups is 2. The van der Waals surface area contributed by atoms with Gasteiger partial charge in [-0.05, 0) is 24.5 Å². The molecule has 2 saturated heterocycles. The van der Waals surface area contributed by atoms with E-state index in [1.54, 1.807) is 0 Å². The number of benzene rings is 2. The number of hydrogen-bond donors (Lipinski definition) is 0. The van der Waals surface area contributed by atoms with Gasteiger partial charge in [0.15, 0.2) is 0 Å². The molecular weight excluding hydrogens is 352 g/mol. The van der Waals surface area contributed by atoms with E-state index in [0.717, 1.165) is 11.1 Å². The zero-order valence-corrected chi connectivity index (χ0v) is 16.2. The minimum Gasteiger partial charge on any atom is -0.465 e. The van der Waals surface area contributed by atoms with Gasteiger partial charge < -0.3 is 9.64 Å². The Morgan fingerprint density at radius 1 is 1.00 bits per heavy atom. The van der Waals surface area contributed by atoms with Gasteiger partial charge in [-0.1, -0.05) is 60.7 Å². The molecule has 0 spiro atoms. The van der Waals surface area contributed by atoms with Gasteiger partial charge in [-0.3, -0.25) is 14.5 Å². The maximum absolute atomic E-state index is 13.3. The van der Waals surface area contributed by atoms with Crippen molar-refractivity contribution in [1.29, 1.82) is 0 Å². The number of hydrogen-bond acceptors (Lipinski definition) is 4. The van der Waals surface area contributed by atoms with Crippen LogP contribution >= 0.6 is 0 Å². The Balaban J connectivity index is 1.55. The Kier molecular flexibility index (Phi) is 5.44. The molecule has 2 aliphatic rings. The van der Waals surface area contributed by atoms with Gasteiger partial charge in [-0.15, -0.1) is 0 Å². The minimum absolute atomic E-state index is 0.122. The van der Waals surface area contributed by atoms with Gasteiger partial charge in [0.05, 0.1) is 12.6 Å². The zero-order valence-electron chi connectivity index (χ0n) is 16.2. The van der Waals surface area contributed by atoms with E-state index in [9.17, 15) is 9.59 Å². The molecule has 4 rings (SSSR count). The molecule has 5 nitrogen and oxygen atoms in total. The monoisotopic (exact) mass is 378 g/mol. The third-order valence-electron chi connectivity index (χ3n) is 5.73. The van der Waals surface area contributed by atoms with E-state index in [-0.39, 0.29) is 29.9 Å². The number of esters is 1. The van der Waals surface area contributed by atoms with Crippen LogP contribution in [0.25, 0.3) is 0 Å². The van der Waals surface area contributed by atoms with Crippen LogP contribution in [0.15, 0.2) is 60.7 Å². The molecule has 28 heavy (non-hydrogen) atoms. The Hall–Kier alpha value is -2.66. The number of nitrogens with zero attached hydrogens (tertiary/aromatic N) is 2. The predicted octanol–water partition coefficient (Wildman–Crippen LogP) is 2.85. The standard InChI is InChI=1S/C23H26N2O3/c1-2-28-23(27)20-13-19-16-24(14-17-9-5-3-6-10-17)22(26)21(19)25(20)15-18-11-7-4-8-12-18/h3-12,19-21H,2,13-16H2,1H3/t19-,20?,21-/m0/s1. The summed E-state index contributed by atoms with van der Waals surface area (Å²) in [4.78, 5) is 29.8. The second-order valence-corrected chi connectivity index (χ2v) is 7.57. The molecule has 0 saturated carbocycles. The van der Waals surface area contributed by atoms with Crippen molar-refractivity contribution in [1.82, 2.24) is 9.80 Å². The van der Waals surface area contributed by atoms with E-state index in [0.29, 0.717) is 32.7 Å². The quantitative estimate of drug-likeness (QED) is 0.726. The van der Waals surface area contributed by atoms with E-state index >= 15 is 0 Å². The largest absolute Gasteiger partial charge is 0.465 e. The summed E-state index contributed by atoms with van der Waals surface area (Å²) in [6.07, 6.45) is 0.674. The lowest BCUT2D eigenvalue weighted by molar-refractivity contribution is -0.150. The predicted molar refractivity (Wildman–Crippen MR) is 106 cm³/mol. The van der Waals surface area contributed by atoms with Crippen molar-refractivity contribution in [2.24, 2.45) is 5.92 Å². The van der Waals surface area contributed by atoms with Crippen molar-refractivity contribution in [2.45, 2.75) is 38.5 Å². The van der Waals surface area contributed by atoms with Crippen LogP contribution < -0.4 is 0 Å². The minimum atomic E-state index is -0.349. The molecule has 0 bridgehead atoms. The Bertz CT molecular complexity index is 824. The van der Waals surface area contributed by atoms with Gasteiger partial charge in [0.2, 0.25) is 5.91 Å². The van der Waals surface area contributed by atoms with Gasteiger partial charge in [0, 0.05) is 25.6 Å². The topological polar surface area (TPSA) is 49.9 Å². The Morgan fingerprint density at radius 3 is 2.21 bits per heavy atom. The van der Waals surface area contributed by atoms with Crippen LogP contribution in [0.4, 0.5) is 0 Å².